The zero-order valence-corrected chi connectivity index (χ0v) is 15.2. The molecule has 0 spiro atoms. The Labute approximate surface area is 149 Å². The predicted octanol–water partition coefficient (Wildman–Crippen LogP) is 3.34. The number of phenols is 1. The summed E-state index contributed by atoms with van der Waals surface area (Å²) in [6, 6.07) is 11.4. The van der Waals surface area contributed by atoms with Crippen molar-refractivity contribution in [2.45, 2.75) is 31.8 Å². The monoisotopic (exact) mass is 341 g/mol. The van der Waals surface area contributed by atoms with E-state index in [1.807, 2.05) is 49.2 Å². The number of rotatable bonds is 3. The van der Waals surface area contributed by atoms with Crippen molar-refractivity contribution in [3.05, 3.63) is 42.0 Å². The van der Waals surface area contributed by atoms with Crippen molar-refractivity contribution in [1.29, 1.82) is 0 Å². The summed E-state index contributed by atoms with van der Waals surface area (Å²) >= 11 is 0. The Morgan fingerprint density at radius 2 is 1.84 bits per heavy atom. The van der Waals surface area contributed by atoms with E-state index in [2.05, 4.69) is 17.3 Å². The van der Waals surface area contributed by atoms with Crippen molar-refractivity contribution in [3.8, 4) is 5.75 Å². The van der Waals surface area contributed by atoms with Gasteiger partial charge in [-0.05, 0) is 56.9 Å². The molecule has 134 valence electrons. The average Bonchev–Trinajstić information content (AvgIpc) is 2.62. The quantitative estimate of drug-likeness (QED) is 0.900. The molecule has 1 unspecified atom stereocenters. The maximum atomic E-state index is 12.7. The van der Waals surface area contributed by atoms with Crippen LogP contribution in [-0.4, -0.2) is 54.2 Å². The highest BCUT2D eigenvalue weighted by Gasteiger charge is 2.25. The maximum Gasteiger partial charge on any atom is 0.317 e. The summed E-state index contributed by atoms with van der Waals surface area (Å²) in [6.07, 6.45) is 2.02. The van der Waals surface area contributed by atoms with Crippen molar-refractivity contribution in [2.75, 3.05) is 27.2 Å². The molecule has 5 nitrogen and oxygen atoms in total. The van der Waals surface area contributed by atoms with Gasteiger partial charge in [-0.25, -0.2) is 4.79 Å². The second-order valence-electron chi connectivity index (χ2n) is 7.04. The molecule has 2 N–H and O–H groups in total. The maximum absolute atomic E-state index is 12.7. The van der Waals surface area contributed by atoms with Gasteiger partial charge in [0.1, 0.15) is 5.75 Å². The van der Waals surface area contributed by atoms with E-state index in [1.165, 1.54) is 0 Å². The SMILES string of the molecule is CC(NC(=O)N(C)C1CCN(C)CC1)c1ccc(O)c2ccccc12. The number of piperidine rings is 1. The van der Waals surface area contributed by atoms with Crippen LogP contribution in [0.4, 0.5) is 4.79 Å². The van der Waals surface area contributed by atoms with Gasteiger partial charge >= 0.3 is 6.03 Å². The summed E-state index contributed by atoms with van der Waals surface area (Å²) in [6.45, 7) is 4.04. The third kappa shape index (κ3) is 3.71. The lowest BCUT2D eigenvalue weighted by Crippen LogP contribution is -2.48. The Balaban J connectivity index is 1.73. The fraction of sp³-hybridized carbons (Fsp3) is 0.450. The molecule has 1 fully saturated rings. The molecule has 5 heteroatoms. The molecule has 0 radical (unpaired) electrons. The highest BCUT2D eigenvalue weighted by molar-refractivity contribution is 5.91. The van der Waals surface area contributed by atoms with Crippen LogP contribution >= 0.6 is 0 Å². The fourth-order valence-corrected chi connectivity index (χ4v) is 3.60. The second kappa shape index (κ2) is 7.31. The molecule has 2 amide bonds. The lowest BCUT2D eigenvalue weighted by atomic mass is 9.99. The number of nitrogens with zero attached hydrogens (tertiary/aromatic N) is 2. The topological polar surface area (TPSA) is 55.8 Å². The van der Waals surface area contributed by atoms with Crippen LogP contribution in [0.5, 0.6) is 5.75 Å². The first-order chi connectivity index (χ1) is 12.0. The number of amides is 2. The van der Waals surface area contributed by atoms with Crippen molar-refractivity contribution in [1.82, 2.24) is 15.1 Å². The van der Waals surface area contributed by atoms with E-state index in [0.29, 0.717) is 6.04 Å². The smallest absolute Gasteiger partial charge is 0.317 e. The third-order valence-electron chi connectivity index (χ3n) is 5.30. The first-order valence-corrected chi connectivity index (χ1v) is 8.90. The van der Waals surface area contributed by atoms with Crippen LogP contribution in [-0.2, 0) is 0 Å². The summed E-state index contributed by atoms with van der Waals surface area (Å²) in [5.41, 5.74) is 1.01. The molecule has 1 heterocycles. The number of hydrogen-bond donors (Lipinski definition) is 2. The van der Waals surface area contributed by atoms with Crippen molar-refractivity contribution >= 4 is 16.8 Å². The number of phenolic OH excluding ortho intramolecular Hbond substituents is 1. The number of benzene rings is 2. The van der Waals surface area contributed by atoms with Crippen LogP contribution in [0.1, 0.15) is 31.4 Å². The normalized spacial score (nSPS) is 17.4. The van der Waals surface area contributed by atoms with Crippen molar-refractivity contribution < 1.29 is 9.90 Å². The largest absolute Gasteiger partial charge is 0.507 e. The molecule has 25 heavy (non-hydrogen) atoms. The molecular weight excluding hydrogens is 314 g/mol. The minimum Gasteiger partial charge on any atom is -0.507 e. The van der Waals surface area contributed by atoms with Crippen LogP contribution in [0, 0.1) is 0 Å². The summed E-state index contributed by atoms with van der Waals surface area (Å²) in [4.78, 5) is 16.8. The molecule has 2 aromatic rings. The lowest BCUT2D eigenvalue weighted by molar-refractivity contribution is 0.146. The van der Waals surface area contributed by atoms with E-state index in [4.69, 9.17) is 0 Å². The number of hydrogen-bond acceptors (Lipinski definition) is 3. The lowest BCUT2D eigenvalue weighted by Gasteiger charge is -2.35. The summed E-state index contributed by atoms with van der Waals surface area (Å²) < 4.78 is 0. The van der Waals surface area contributed by atoms with E-state index in [0.717, 1.165) is 42.3 Å². The van der Waals surface area contributed by atoms with Crippen LogP contribution in [0.2, 0.25) is 0 Å². The summed E-state index contributed by atoms with van der Waals surface area (Å²) in [5.74, 6) is 0.265. The van der Waals surface area contributed by atoms with Gasteiger partial charge in [-0.2, -0.15) is 0 Å². The summed E-state index contributed by atoms with van der Waals surface area (Å²) in [5, 5.41) is 14.9. The van der Waals surface area contributed by atoms with Crippen LogP contribution in [0.3, 0.4) is 0 Å². The minimum atomic E-state index is -0.133. The van der Waals surface area contributed by atoms with E-state index in [9.17, 15) is 9.90 Å². The fourth-order valence-electron chi connectivity index (χ4n) is 3.60. The molecule has 0 aromatic heterocycles. The Bertz CT molecular complexity index is 754. The van der Waals surface area contributed by atoms with Gasteiger partial charge in [0.15, 0.2) is 0 Å². The van der Waals surface area contributed by atoms with E-state index < -0.39 is 0 Å². The number of carbonyl (C=O) groups is 1. The van der Waals surface area contributed by atoms with Crippen LogP contribution in [0.15, 0.2) is 36.4 Å². The first-order valence-electron chi connectivity index (χ1n) is 8.90. The molecular formula is C20H27N3O2. The third-order valence-corrected chi connectivity index (χ3v) is 5.30. The van der Waals surface area contributed by atoms with E-state index in [-0.39, 0.29) is 17.8 Å². The highest BCUT2D eigenvalue weighted by atomic mass is 16.3. The number of carbonyl (C=O) groups excluding carboxylic acids is 1. The van der Waals surface area contributed by atoms with Gasteiger partial charge in [0.05, 0.1) is 6.04 Å². The van der Waals surface area contributed by atoms with Gasteiger partial charge < -0.3 is 20.2 Å². The van der Waals surface area contributed by atoms with Crippen LogP contribution < -0.4 is 5.32 Å². The number of urea groups is 1. The van der Waals surface area contributed by atoms with Crippen molar-refractivity contribution in [3.63, 3.8) is 0 Å². The van der Waals surface area contributed by atoms with Gasteiger partial charge in [-0.1, -0.05) is 30.3 Å². The molecule has 1 aliphatic rings. The molecule has 1 saturated heterocycles. The van der Waals surface area contributed by atoms with Gasteiger partial charge in [0.25, 0.3) is 0 Å². The van der Waals surface area contributed by atoms with E-state index >= 15 is 0 Å². The van der Waals surface area contributed by atoms with E-state index in [1.54, 1.807) is 6.07 Å². The van der Waals surface area contributed by atoms with Crippen molar-refractivity contribution in [2.24, 2.45) is 0 Å². The zero-order valence-electron chi connectivity index (χ0n) is 15.2. The Kier molecular flexibility index (Phi) is 5.13. The highest BCUT2D eigenvalue weighted by Crippen LogP contribution is 2.30. The average molecular weight is 341 g/mol. The van der Waals surface area contributed by atoms with Gasteiger partial charge in [0.2, 0.25) is 0 Å². The minimum absolute atomic E-state index is 0.0424. The molecule has 1 atom stereocenters. The summed E-state index contributed by atoms with van der Waals surface area (Å²) in [7, 11) is 4.00. The number of nitrogens with one attached hydrogen (secondary N) is 1. The Morgan fingerprint density at radius 3 is 2.52 bits per heavy atom. The number of likely N-dealkylation sites (tertiary alicyclic amines) is 1. The molecule has 0 saturated carbocycles. The predicted molar refractivity (Wildman–Crippen MR) is 101 cm³/mol. The first kappa shape index (κ1) is 17.5. The second-order valence-corrected chi connectivity index (χ2v) is 7.04. The van der Waals surface area contributed by atoms with Gasteiger partial charge in [-0.15, -0.1) is 0 Å². The molecule has 2 aromatic carbocycles. The standard InChI is InChI=1S/C20H27N3O2/c1-14(16-8-9-19(24)18-7-5-4-6-17(16)18)21-20(25)23(3)15-10-12-22(2)13-11-15/h4-9,14-15,24H,10-13H2,1-3H3,(H,21,25). The molecule has 0 bridgehead atoms. The molecule has 0 aliphatic carbocycles. The number of aromatic hydroxyl groups is 1. The Hall–Kier alpha value is -2.27. The Morgan fingerprint density at radius 1 is 1.20 bits per heavy atom. The van der Waals surface area contributed by atoms with Gasteiger partial charge in [0, 0.05) is 18.5 Å². The molecule has 1 aliphatic heterocycles. The molecule has 3 rings (SSSR count). The van der Waals surface area contributed by atoms with Gasteiger partial charge in [-0.3, -0.25) is 0 Å². The number of fused-ring (bicyclic) bond motifs is 1. The zero-order chi connectivity index (χ0) is 18.0. The van der Waals surface area contributed by atoms with Crippen LogP contribution in [0.25, 0.3) is 10.8 Å².